The molecule has 0 nitrogen and oxygen atoms in total. The molecular weight excluding hydrogens is 248 g/mol. The summed E-state index contributed by atoms with van der Waals surface area (Å²) in [5.41, 5.74) is 5.59. The minimum absolute atomic E-state index is 1.11. The van der Waals surface area contributed by atoms with Crippen LogP contribution in [0.3, 0.4) is 0 Å². The minimum atomic E-state index is 1.11. The molecule has 1 heteroatoms. The molecule has 2 rings (SSSR count). The average Bonchev–Trinajstić information content (AvgIpc) is 2.42. The summed E-state index contributed by atoms with van der Waals surface area (Å²) in [5.74, 6) is 0. The zero-order valence-electron chi connectivity index (χ0n) is 12.3. The largest absolute Gasteiger partial charge is 0.0895 e. The Hall–Kier alpha value is -1.21. The van der Waals surface area contributed by atoms with Crippen LogP contribution in [0.25, 0.3) is 0 Å². The molecule has 0 radical (unpaired) electrons. The quantitative estimate of drug-likeness (QED) is 0.699. The van der Waals surface area contributed by atoms with E-state index in [2.05, 4.69) is 64.1 Å². The van der Waals surface area contributed by atoms with E-state index in [0.29, 0.717) is 0 Å². The molecule has 0 fully saturated rings. The molecule has 0 N–H and O–H groups in total. The van der Waals surface area contributed by atoms with Crippen LogP contribution in [0.1, 0.15) is 36.1 Å². The highest BCUT2D eigenvalue weighted by Crippen LogP contribution is 2.33. The summed E-state index contributed by atoms with van der Waals surface area (Å²) in [6, 6.07) is 13.6. The van der Waals surface area contributed by atoms with E-state index in [0.717, 1.165) is 12.8 Å². The molecule has 0 unspecified atom stereocenters. The monoisotopic (exact) mass is 270 g/mol. The van der Waals surface area contributed by atoms with E-state index in [1.54, 1.807) is 0 Å². The summed E-state index contributed by atoms with van der Waals surface area (Å²) in [6.07, 6.45) is 2.21. The van der Waals surface area contributed by atoms with Gasteiger partial charge in [0.2, 0.25) is 0 Å². The summed E-state index contributed by atoms with van der Waals surface area (Å²) >= 11 is 1.88. The van der Waals surface area contributed by atoms with Gasteiger partial charge in [-0.25, -0.2) is 0 Å². The van der Waals surface area contributed by atoms with Crippen molar-refractivity contribution in [1.29, 1.82) is 0 Å². The van der Waals surface area contributed by atoms with Crippen LogP contribution in [0.2, 0.25) is 0 Å². The fourth-order valence-corrected chi connectivity index (χ4v) is 3.16. The molecule has 0 bridgehead atoms. The highest BCUT2D eigenvalue weighted by atomic mass is 32.2. The second-order valence-electron chi connectivity index (χ2n) is 5.01. The lowest BCUT2D eigenvalue weighted by atomic mass is 10.1. The fourth-order valence-electron chi connectivity index (χ4n) is 2.21. The zero-order valence-corrected chi connectivity index (χ0v) is 13.1. The van der Waals surface area contributed by atoms with E-state index < -0.39 is 0 Å². The van der Waals surface area contributed by atoms with Gasteiger partial charge in [0.05, 0.1) is 0 Å². The Bertz CT molecular complexity index is 518. The Morgan fingerprint density at radius 3 is 1.47 bits per heavy atom. The molecule has 100 valence electrons. The third-order valence-corrected chi connectivity index (χ3v) is 4.87. The Balaban J connectivity index is 2.26. The molecule has 0 amide bonds. The van der Waals surface area contributed by atoms with Gasteiger partial charge in [0.25, 0.3) is 0 Å². The van der Waals surface area contributed by atoms with Crippen LogP contribution in [0.15, 0.2) is 46.2 Å². The normalized spacial score (nSPS) is 10.7. The first kappa shape index (κ1) is 14.2. The van der Waals surface area contributed by atoms with Crippen LogP contribution in [0, 0.1) is 13.8 Å². The third kappa shape index (κ3) is 3.42. The highest BCUT2D eigenvalue weighted by Gasteiger charge is 2.05. The standard InChI is InChI=1S/C18H22S/c1-5-15-7-9-17(13(3)11-15)19-18-10-8-16(6-2)12-14(18)4/h7-12H,5-6H2,1-4H3. The van der Waals surface area contributed by atoms with Crippen LogP contribution in [0.4, 0.5) is 0 Å². The first-order chi connectivity index (χ1) is 9.13. The highest BCUT2D eigenvalue weighted by molar-refractivity contribution is 7.99. The summed E-state index contributed by atoms with van der Waals surface area (Å²) < 4.78 is 0. The van der Waals surface area contributed by atoms with Gasteiger partial charge < -0.3 is 0 Å². The summed E-state index contributed by atoms with van der Waals surface area (Å²) in [5, 5.41) is 0. The molecule has 0 heterocycles. The smallest absolute Gasteiger partial charge is 0.0151 e. The molecule has 2 aromatic rings. The van der Waals surface area contributed by atoms with Crippen LogP contribution >= 0.6 is 11.8 Å². The lowest BCUT2D eigenvalue weighted by molar-refractivity contribution is 1.10. The van der Waals surface area contributed by atoms with Gasteiger partial charge in [0.15, 0.2) is 0 Å². The molecule has 0 saturated heterocycles. The molecule has 0 spiro atoms. The molecule has 2 aromatic carbocycles. The van der Waals surface area contributed by atoms with Crippen LogP contribution < -0.4 is 0 Å². The van der Waals surface area contributed by atoms with Gasteiger partial charge in [0.1, 0.15) is 0 Å². The summed E-state index contributed by atoms with van der Waals surface area (Å²) in [6.45, 7) is 8.82. The Labute approximate surface area is 121 Å². The molecule has 0 aliphatic rings. The number of aryl methyl sites for hydroxylation is 4. The predicted octanol–water partition coefficient (Wildman–Crippen LogP) is 5.58. The van der Waals surface area contributed by atoms with Gasteiger partial charge in [-0.15, -0.1) is 0 Å². The van der Waals surface area contributed by atoms with Crippen molar-refractivity contribution in [3.63, 3.8) is 0 Å². The van der Waals surface area contributed by atoms with E-state index in [9.17, 15) is 0 Å². The van der Waals surface area contributed by atoms with Crippen molar-refractivity contribution in [2.45, 2.75) is 50.3 Å². The van der Waals surface area contributed by atoms with Crippen LogP contribution in [0.5, 0.6) is 0 Å². The Morgan fingerprint density at radius 1 is 0.737 bits per heavy atom. The molecule has 19 heavy (non-hydrogen) atoms. The number of hydrogen-bond acceptors (Lipinski definition) is 1. The summed E-state index contributed by atoms with van der Waals surface area (Å²) in [7, 11) is 0. The van der Waals surface area contributed by atoms with Gasteiger partial charge in [-0.2, -0.15) is 0 Å². The van der Waals surface area contributed by atoms with Crippen molar-refractivity contribution in [3.05, 3.63) is 58.7 Å². The van der Waals surface area contributed by atoms with E-state index in [1.807, 2.05) is 11.8 Å². The van der Waals surface area contributed by atoms with Gasteiger partial charge in [-0.3, -0.25) is 0 Å². The molecule has 0 atom stereocenters. The fraction of sp³-hybridized carbons (Fsp3) is 0.333. The first-order valence-electron chi connectivity index (χ1n) is 7.01. The van der Waals surface area contributed by atoms with Crippen LogP contribution in [-0.2, 0) is 12.8 Å². The SMILES string of the molecule is CCc1ccc(Sc2ccc(CC)cc2C)c(C)c1. The number of rotatable bonds is 4. The second-order valence-corrected chi connectivity index (χ2v) is 6.09. The molecule has 0 saturated carbocycles. The van der Waals surface area contributed by atoms with Gasteiger partial charge >= 0.3 is 0 Å². The minimum Gasteiger partial charge on any atom is -0.0895 e. The second kappa shape index (κ2) is 6.29. The Morgan fingerprint density at radius 2 is 1.16 bits per heavy atom. The zero-order chi connectivity index (χ0) is 13.8. The van der Waals surface area contributed by atoms with E-state index in [4.69, 9.17) is 0 Å². The lowest BCUT2D eigenvalue weighted by Gasteiger charge is -2.10. The maximum absolute atomic E-state index is 2.30. The van der Waals surface area contributed by atoms with E-state index in [1.165, 1.54) is 32.0 Å². The number of hydrogen-bond donors (Lipinski definition) is 0. The maximum Gasteiger partial charge on any atom is 0.0151 e. The van der Waals surface area contributed by atoms with E-state index in [-0.39, 0.29) is 0 Å². The third-order valence-electron chi connectivity index (χ3n) is 3.52. The van der Waals surface area contributed by atoms with Crippen molar-refractivity contribution < 1.29 is 0 Å². The van der Waals surface area contributed by atoms with Crippen molar-refractivity contribution in [1.82, 2.24) is 0 Å². The van der Waals surface area contributed by atoms with Crippen LogP contribution in [-0.4, -0.2) is 0 Å². The maximum atomic E-state index is 2.30. The van der Waals surface area contributed by atoms with Crippen molar-refractivity contribution >= 4 is 11.8 Å². The lowest BCUT2D eigenvalue weighted by Crippen LogP contribution is -1.88. The Kier molecular flexibility index (Phi) is 4.71. The van der Waals surface area contributed by atoms with Gasteiger partial charge in [-0.05, 0) is 61.1 Å². The van der Waals surface area contributed by atoms with Crippen molar-refractivity contribution in [2.24, 2.45) is 0 Å². The van der Waals surface area contributed by atoms with E-state index >= 15 is 0 Å². The molecule has 0 aromatic heterocycles. The van der Waals surface area contributed by atoms with Crippen molar-refractivity contribution in [2.75, 3.05) is 0 Å². The first-order valence-corrected chi connectivity index (χ1v) is 7.82. The molecule has 0 aliphatic carbocycles. The predicted molar refractivity (Wildman–Crippen MR) is 85.2 cm³/mol. The van der Waals surface area contributed by atoms with Gasteiger partial charge in [0, 0.05) is 9.79 Å². The van der Waals surface area contributed by atoms with Crippen molar-refractivity contribution in [3.8, 4) is 0 Å². The topological polar surface area (TPSA) is 0 Å². The molecule has 0 aliphatic heterocycles. The van der Waals surface area contributed by atoms with Gasteiger partial charge in [-0.1, -0.05) is 49.9 Å². The average molecular weight is 270 g/mol. The number of benzene rings is 2. The summed E-state index contributed by atoms with van der Waals surface area (Å²) in [4.78, 5) is 2.73. The molecular formula is C18H22S.